The predicted octanol–water partition coefficient (Wildman–Crippen LogP) is 10.5. The minimum atomic E-state index is 0.144. The van der Waals surface area contributed by atoms with Crippen LogP contribution in [0.2, 0.25) is 0 Å². The maximum Gasteiger partial charge on any atom is 0.138 e. The lowest BCUT2D eigenvalue weighted by molar-refractivity contribution is 0.247. The summed E-state index contributed by atoms with van der Waals surface area (Å²) in [5.74, 6) is 2.90. The lowest BCUT2D eigenvalue weighted by Gasteiger charge is -2.36. The van der Waals surface area contributed by atoms with Gasteiger partial charge in [-0.25, -0.2) is 19.9 Å². The van der Waals surface area contributed by atoms with E-state index in [4.69, 9.17) is 25.7 Å². The third-order valence-electron chi connectivity index (χ3n) is 14.6. The molecule has 2 fully saturated rings. The van der Waals surface area contributed by atoms with E-state index >= 15 is 0 Å². The SMILES string of the molecule is CCCCn1cnc(CN2CCN(c3cccc4[nH]c(-c5ccc(C(C)(C)C)cc5)nc34)CC2)c1C.Cc1nc(CN2CCN(c3cccc4[nH]c(-c5ccc(C(C)(C)C)cc5)nc34)CC2)cn1CCN. The van der Waals surface area contributed by atoms with Crippen LogP contribution in [-0.2, 0) is 37.0 Å². The number of nitrogens with two attached hydrogens (primary N) is 1. The third kappa shape index (κ3) is 11.4. The summed E-state index contributed by atoms with van der Waals surface area (Å²) >= 11 is 0. The van der Waals surface area contributed by atoms with Gasteiger partial charge in [0.05, 0.1) is 40.1 Å². The van der Waals surface area contributed by atoms with Crippen LogP contribution in [0.15, 0.2) is 97.5 Å². The van der Waals surface area contributed by atoms with Crippen LogP contribution in [-0.4, -0.2) is 108 Å². The highest BCUT2D eigenvalue weighted by atomic mass is 15.3. The molecule has 0 unspecified atom stereocenters. The molecule has 4 aromatic carbocycles. The highest BCUT2D eigenvalue weighted by Gasteiger charge is 2.24. The third-order valence-corrected chi connectivity index (χ3v) is 14.6. The van der Waals surface area contributed by atoms with Crippen molar-refractivity contribution in [3.63, 3.8) is 0 Å². The van der Waals surface area contributed by atoms with Crippen LogP contribution in [0.1, 0.15) is 95.3 Å². The van der Waals surface area contributed by atoms with E-state index in [-0.39, 0.29) is 10.8 Å². The molecule has 0 aliphatic carbocycles. The zero-order valence-electron chi connectivity index (χ0n) is 43.9. The molecule has 2 aliphatic rings. The van der Waals surface area contributed by atoms with Crippen molar-refractivity contribution in [3.05, 3.63) is 131 Å². The number of fused-ring (bicyclic) bond motifs is 2. The second kappa shape index (κ2) is 21.2. The lowest BCUT2D eigenvalue weighted by atomic mass is 9.87. The number of rotatable bonds is 13. The molecular formula is C58H77N13. The quantitative estimate of drug-likeness (QED) is 0.103. The summed E-state index contributed by atoms with van der Waals surface area (Å²) in [5.41, 5.74) is 21.3. The minimum absolute atomic E-state index is 0.144. The number of aryl methyl sites for hydroxylation is 2. The Morgan fingerprint density at radius 3 is 1.54 bits per heavy atom. The van der Waals surface area contributed by atoms with Gasteiger partial charge < -0.3 is 34.6 Å². The average molecular weight is 956 g/mol. The summed E-state index contributed by atoms with van der Waals surface area (Å²) in [6.45, 7) is 32.3. The Morgan fingerprint density at radius 2 is 1.07 bits per heavy atom. The molecule has 13 nitrogen and oxygen atoms in total. The zero-order valence-corrected chi connectivity index (χ0v) is 43.9. The van der Waals surface area contributed by atoms with Gasteiger partial charge in [-0.2, -0.15) is 0 Å². The normalized spacial score (nSPS) is 15.2. The molecule has 0 saturated carbocycles. The smallest absolute Gasteiger partial charge is 0.138 e. The Bertz CT molecular complexity index is 2990. The number of para-hydroxylation sites is 2. The molecule has 0 amide bonds. The van der Waals surface area contributed by atoms with Gasteiger partial charge in [0.1, 0.15) is 28.5 Å². The molecule has 0 spiro atoms. The van der Waals surface area contributed by atoms with Gasteiger partial charge in [-0.3, -0.25) is 9.80 Å². The molecule has 4 N–H and O–H groups in total. The molecule has 8 aromatic rings. The van der Waals surface area contributed by atoms with Gasteiger partial charge in [0.15, 0.2) is 0 Å². The lowest BCUT2D eigenvalue weighted by Crippen LogP contribution is -2.46. The average Bonchev–Trinajstić information content (AvgIpc) is 4.17. The first-order chi connectivity index (χ1) is 34.1. The highest BCUT2D eigenvalue weighted by molar-refractivity contribution is 5.92. The van der Waals surface area contributed by atoms with E-state index in [9.17, 15) is 0 Å². The Morgan fingerprint density at radius 1 is 0.577 bits per heavy atom. The van der Waals surface area contributed by atoms with Crippen molar-refractivity contribution in [2.75, 3.05) is 68.7 Å². The van der Waals surface area contributed by atoms with E-state index < -0.39 is 0 Å². The number of hydrogen-bond acceptors (Lipinski definition) is 9. The number of benzene rings is 4. The number of unbranched alkanes of at least 4 members (excludes halogenated alkanes) is 1. The molecule has 13 heteroatoms. The minimum Gasteiger partial charge on any atom is -0.367 e. The van der Waals surface area contributed by atoms with Crippen molar-refractivity contribution < 1.29 is 0 Å². The Balaban J connectivity index is 0.000000176. The summed E-state index contributed by atoms with van der Waals surface area (Å²) in [5, 5.41) is 0. The maximum atomic E-state index is 5.72. The van der Waals surface area contributed by atoms with Gasteiger partial charge in [-0.15, -0.1) is 0 Å². The van der Waals surface area contributed by atoms with E-state index in [1.165, 1.54) is 46.7 Å². The molecular weight excluding hydrogens is 879 g/mol. The Labute approximate surface area is 421 Å². The molecule has 0 bridgehead atoms. The van der Waals surface area contributed by atoms with Crippen LogP contribution in [0.4, 0.5) is 11.4 Å². The number of H-pyrrole nitrogens is 2. The number of imidazole rings is 4. The Hall–Kier alpha value is -6.28. The fraction of sp³-hybridized carbons (Fsp3) is 0.448. The van der Waals surface area contributed by atoms with Crippen LogP contribution >= 0.6 is 0 Å². The fourth-order valence-corrected chi connectivity index (χ4v) is 10.0. The summed E-state index contributed by atoms with van der Waals surface area (Å²) in [6, 6.07) is 30.5. The van der Waals surface area contributed by atoms with E-state index in [2.05, 4.69) is 192 Å². The summed E-state index contributed by atoms with van der Waals surface area (Å²) in [7, 11) is 0. The van der Waals surface area contributed by atoms with Gasteiger partial charge in [-0.05, 0) is 66.5 Å². The van der Waals surface area contributed by atoms with Crippen molar-refractivity contribution in [1.29, 1.82) is 0 Å². The fourth-order valence-electron chi connectivity index (χ4n) is 10.0. The molecule has 10 rings (SSSR count). The second-order valence-corrected chi connectivity index (χ2v) is 21.8. The van der Waals surface area contributed by atoms with Crippen molar-refractivity contribution in [1.82, 2.24) is 48.8 Å². The van der Waals surface area contributed by atoms with Crippen molar-refractivity contribution in [2.24, 2.45) is 5.73 Å². The summed E-state index contributed by atoms with van der Waals surface area (Å²) in [6.07, 6.45) is 6.58. The van der Waals surface area contributed by atoms with Crippen LogP contribution in [0.25, 0.3) is 44.8 Å². The number of hydrogen-bond donors (Lipinski definition) is 3. The number of aromatic nitrogens is 8. The van der Waals surface area contributed by atoms with Crippen LogP contribution in [0.5, 0.6) is 0 Å². The standard InChI is InChI=1S/C30H40N6.C28H37N7/c1-6-7-15-36-21-31-26(22(36)2)20-34-16-18-35(19-17-34)27-10-8-9-25-28(27)33-29(32-25)23-11-13-24(14-12-23)30(3,4)5;1-20-30-23(19-35(20)13-12-29)18-33-14-16-34(17-15-33)25-7-5-6-24-26(25)32-27(31-24)21-8-10-22(11-9-21)28(2,3)4/h8-14,21H,6-7,15-20H2,1-5H3,(H,32,33);5-11,19H,12-18,29H2,1-4H3,(H,31,32). The van der Waals surface area contributed by atoms with Crippen molar-refractivity contribution in [3.8, 4) is 22.8 Å². The van der Waals surface area contributed by atoms with Gasteiger partial charge in [0.2, 0.25) is 0 Å². The first-order valence-electron chi connectivity index (χ1n) is 26.0. The van der Waals surface area contributed by atoms with Gasteiger partial charge >= 0.3 is 0 Å². The molecule has 4 aromatic heterocycles. The number of anilines is 2. The van der Waals surface area contributed by atoms with E-state index in [1.807, 2.05) is 6.33 Å². The van der Waals surface area contributed by atoms with Gasteiger partial charge in [0, 0.05) is 108 Å². The van der Waals surface area contributed by atoms with Crippen molar-refractivity contribution in [2.45, 2.75) is 112 Å². The molecule has 2 saturated heterocycles. The van der Waals surface area contributed by atoms with E-state index in [0.717, 1.165) is 135 Å². The van der Waals surface area contributed by atoms with Crippen LogP contribution in [0, 0.1) is 13.8 Å². The monoisotopic (exact) mass is 956 g/mol. The topological polar surface area (TPSA) is 132 Å². The van der Waals surface area contributed by atoms with Crippen LogP contribution < -0.4 is 15.5 Å². The maximum absolute atomic E-state index is 5.72. The highest BCUT2D eigenvalue weighted by Crippen LogP contribution is 2.33. The molecule has 2 aliphatic heterocycles. The molecule has 0 atom stereocenters. The molecule has 0 radical (unpaired) electrons. The van der Waals surface area contributed by atoms with E-state index in [0.29, 0.717) is 6.54 Å². The largest absolute Gasteiger partial charge is 0.367 e. The second-order valence-electron chi connectivity index (χ2n) is 21.8. The van der Waals surface area contributed by atoms with E-state index in [1.54, 1.807) is 0 Å². The predicted molar refractivity (Wildman–Crippen MR) is 293 cm³/mol. The summed E-state index contributed by atoms with van der Waals surface area (Å²) < 4.78 is 4.46. The number of nitrogens with one attached hydrogen (secondary N) is 2. The van der Waals surface area contributed by atoms with Crippen LogP contribution in [0.3, 0.4) is 0 Å². The number of piperazine rings is 2. The van der Waals surface area contributed by atoms with Crippen molar-refractivity contribution >= 4 is 33.4 Å². The number of nitrogens with zero attached hydrogens (tertiary/aromatic N) is 10. The number of aromatic amines is 2. The van der Waals surface area contributed by atoms with Gasteiger partial charge in [-0.1, -0.05) is 116 Å². The first kappa shape index (κ1) is 49.7. The molecule has 71 heavy (non-hydrogen) atoms. The zero-order chi connectivity index (χ0) is 49.9. The first-order valence-corrected chi connectivity index (χ1v) is 26.0. The molecule has 6 heterocycles. The molecule has 374 valence electrons. The van der Waals surface area contributed by atoms with Gasteiger partial charge in [0.25, 0.3) is 0 Å². The Kier molecular flexibility index (Phi) is 14.8. The summed E-state index contributed by atoms with van der Waals surface area (Å²) in [4.78, 5) is 36.6.